The highest BCUT2D eigenvalue weighted by Gasteiger charge is 2.65. The lowest BCUT2D eigenvalue weighted by atomic mass is 10.3. The quantitative estimate of drug-likeness (QED) is 0.701. The van der Waals surface area contributed by atoms with Gasteiger partial charge in [0.15, 0.2) is 9.84 Å². The van der Waals surface area contributed by atoms with Crippen molar-refractivity contribution in [2.75, 3.05) is 0 Å². The molecule has 0 aliphatic heterocycles. The Bertz CT molecular complexity index is 282. The van der Waals surface area contributed by atoms with Crippen molar-refractivity contribution in [1.29, 1.82) is 0 Å². The molecule has 0 unspecified atom stereocenters. The molecule has 0 bridgehead atoms. The second-order valence-corrected chi connectivity index (χ2v) is 7.32. The summed E-state index contributed by atoms with van der Waals surface area (Å²) in [4.78, 5) is 0. The molecule has 0 N–H and O–H groups in total. The first kappa shape index (κ1) is 9.50. The SMILES string of the molecule is CCC1(S(=O)(=O)C2(CC)CC2)CC1. The molecular formula is C10H18O2S. The molecule has 2 fully saturated rings. The molecule has 0 heterocycles. The van der Waals surface area contributed by atoms with Gasteiger partial charge < -0.3 is 0 Å². The van der Waals surface area contributed by atoms with Gasteiger partial charge in [0.05, 0.1) is 9.49 Å². The van der Waals surface area contributed by atoms with Gasteiger partial charge in [-0.2, -0.15) is 0 Å². The van der Waals surface area contributed by atoms with Crippen LogP contribution in [0.1, 0.15) is 52.4 Å². The van der Waals surface area contributed by atoms with Crippen molar-refractivity contribution in [2.45, 2.75) is 61.9 Å². The van der Waals surface area contributed by atoms with E-state index in [9.17, 15) is 8.42 Å². The lowest BCUT2D eigenvalue weighted by Gasteiger charge is -2.21. The molecule has 2 rings (SSSR count). The number of rotatable bonds is 4. The van der Waals surface area contributed by atoms with E-state index in [0.29, 0.717) is 0 Å². The van der Waals surface area contributed by atoms with Crippen LogP contribution in [0.3, 0.4) is 0 Å². The van der Waals surface area contributed by atoms with Crippen molar-refractivity contribution in [3.05, 3.63) is 0 Å². The third kappa shape index (κ3) is 1.03. The van der Waals surface area contributed by atoms with E-state index < -0.39 is 9.84 Å². The minimum Gasteiger partial charge on any atom is -0.228 e. The monoisotopic (exact) mass is 202 g/mol. The average Bonchev–Trinajstić information content (AvgIpc) is 3.00. The van der Waals surface area contributed by atoms with Gasteiger partial charge in [0.2, 0.25) is 0 Å². The normalized spacial score (nSPS) is 28.5. The molecule has 2 saturated carbocycles. The van der Waals surface area contributed by atoms with Gasteiger partial charge >= 0.3 is 0 Å². The van der Waals surface area contributed by atoms with Gasteiger partial charge in [-0.15, -0.1) is 0 Å². The van der Waals surface area contributed by atoms with Crippen LogP contribution in [0.2, 0.25) is 0 Å². The second kappa shape index (κ2) is 2.50. The van der Waals surface area contributed by atoms with Crippen molar-refractivity contribution >= 4 is 9.84 Å². The summed E-state index contributed by atoms with van der Waals surface area (Å²) in [6.07, 6.45) is 5.27. The van der Waals surface area contributed by atoms with Crippen molar-refractivity contribution in [3.8, 4) is 0 Å². The number of hydrogen-bond donors (Lipinski definition) is 0. The minimum absolute atomic E-state index is 0.292. The molecular weight excluding hydrogens is 184 g/mol. The van der Waals surface area contributed by atoms with Crippen molar-refractivity contribution < 1.29 is 8.42 Å². The maximum atomic E-state index is 12.3. The number of hydrogen-bond acceptors (Lipinski definition) is 2. The summed E-state index contributed by atoms with van der Waals surface area (Å²) in [5.41, 5.74) is 0. The zero-order chi connectivity index (χ0) is 9.74. The molecule has 0 amide bonds. The van der Waals surface area contributed by atoms with Gasteiger partial charge in [0.1, 0.15) is 0 Å². The van der Waals surface area contributed by atoms with E-state index in [1.165, 1.54) is 0 Å². The summed E-state index contributed by atoms with van der Waals surface area (Å²) in [5, 5.41) is 0. The number of sulfone groups is 1. The standard InChI is InChI=1S/C10H18O2S/c1-3-9(5-6-9)13(11,12)10(4-2)7-8-10/h3-8H2,1-2H3. The Morgan fingerprint density at radius 3 is 1.38 bits per heavy atom. The molecule has 0 saturated heterocycles. The van der Waals surface area contributed by atoms with Gasteiger partial charge in [-0.1, -0.05) is 13.8 Å². The Labute approximate surface area is 80.6 Å². The first-order valence-corrected chi connectivity index (χ1v) is 6.76. The van der Waals surface area contributed by atoms with Crippen LogP contribution in [0.15, 0.2) is 0 Å². The predicted molar refractivity (Wildman–Crippen MR) is 53.4 cm³/mol. The molecule has 0 aromatic carbocycles. The van der Waals surface area contributed by atoms with Gasteiger partial charge in [-0.3, -0.25) is 0 Å². The fourth-order valence-electron chi connectivity index (χ4n) is 2.36. The van der Waals surface area contributed by atoms with Crippen LogP contribution >= 0.6 is 0 Å². The first-order valence-electron chi connectivity index (χ1n) is 5.28. The molecule has 76 valence electrons. The van der Waals surface area contributed by atoms with Gasteiger partial charge in [-0.25, -0.2) is 8.42 Å². The van der Waals surface area contributed by atoms with Crippen molar-refractivity contribution in [2.24, 2.45) is 0 Å². The Morgan fingerprint density at radius 1 is 0.923 bits per heavy atom. The fraction of sp³-hybridized carbons (Fsp3) is 1.00. The molecule has 0 radical (unpaired) electrons. The minimum atomic E-state index is -2.82. The van der Waals surface area contributed by atoms with Gasteiger partial charge in [-0.05, 0) is 38.5 Å². The molecule has 0 atom stereocenters. The predicted octanol–water partition coefficient (Wildman–Crippen LogP) is 2.29. The zero-order valence-electron chi connectivity index (χ0n) is 8.47. The van der Waals surface area contributed by atoms with E-state index in [1.54, 1.807) is 0 Å². The summed E-state index contributed by atoms with van der Waals surface area (Å²) in [5.74, 6) is 0. The maximum Gasteiger partial charge on any atom is 0.161 e. The van der Waals surface area contributed by atoms with Crippen LogP contribution in [-0.4, -0.2) is 17.9 Å². The van der Waals surface area contributed by atoms with E-state index >= 15 is 0 Å². The van der Waals surface area contributed by atoms with E-state index in [4.69, 9.17) is 0 Å². The molecule has 2 nitrogen and oxygen atoms in total. The second-order valence-electron chi connectivity index (χ2n) is 4.58. The van der Waals surface area contributed by atoms with Crippen molar-refractivity contribution in [1.82, 2.24) is 0 Å². The largest absolute Gasteiger partial charge is 0.228 e. The lowest BCUT2D eigenvalue weighted by Crippen LogP contribution is -2.34. The van der Waals surface area contributed by atoms with Crippen molar-refractivity contribution in [3.63, 3.8) is 0 Å². The van der Waals surface area contributed by atoms with Crippen LogP contribution in [0, 0.1) is 0 Å². The van der Waals surface area contributed by atoms with Crippen LogP contribution < -0.4 is 0 Å². The third-order valence-corrected chi connectivity index (χ3v) is 7.72. The maximum absolute atomic E-state index is 12.3. The topological polar surface area (TPSA) is 34.1 Å². The van der Waals surface area contributed by atoms with Gasteiger partial charge in [0.25, 0.3) is 0 Å². The summed E-state index contributed by atoms with van der Waals surface area (Å²) >= 11 is 0. The molecule has 13 heavy (non-hydrogen) atoms. The summed E-state index contributed by atoms with van der Waals surface area (Å²) < 4.78 is 23.9. The van der Waals surface area contributed by atoms with E-state index in [0.717, 1.165) is 38.5 Å². The average molecular weight is 202 g/mol. The van der Waals surface area contributed by atoms with Crippen LogP contribution in [-0.2, 0) is 9.84 Å². The molecule has 0 aromatic rings. The van der Waals surface area contributed by atoms with Crippen LogP contribution in [0.25, 0.3) is 0 Å². The van der Waals surface area contributed by atoms with Crippen LogP contribution in [0.4, 0.5) is 0 Å². The molecule has 2 aliphatic rings. The summed E-state index contributed by atoms with van der Waals surface area (Å²) in [6, 6.07) is 0. The first-order chi connectivity index (χ1) is 6.04. The molecule has 0 spiro atoms. The van der Waals surface area contributed by atoms with Gasteiger partial charge in [0, 0.05) is 0 Å². The Balaban J connectivity index is 2.32. The Kier molecular flexibility index (Phi) is 1.83. The third-order valence-electron chi connectivity index (χ3n) is 4.04. The zero-order valence-corrected chi connectivity index (χ0v) is 9.28. The molecule has 0 aromatic heterocycles. The lowest BCUT2D eigenvalue weighted by molar-refractivity contribution is 0.549. The van der Waals surface area contributed by atoms with Crippen LogP contribution in [0.5, 0.6) is 0 Å². The highest BCUT2D eigenvalue weighted by molar-refractivity contribution is 7.94. The highest BCUT2D eigenvalue weighted by Crippen LogP contribution is 2.58. The van der Waals surface area contributed by atoms with E-state index in [-0.39, 0.29) is 9.49 Å². The fourth-order valence-corrected chi connectivity index (χ4v) is 5.32. The summed E-state index contributed by atoms with van der Waals surface area (Å²) in [7, 11) is -2.82. The summed E-state index contributed by atoms with van der Waals surface area (Å²) in [6.45, 7) is 4.02. The molecule has 2 aliphatic carbocycles. The van der Waals surface area contributed by atoms with E-state index in [2.05, 4.69) is 0 Å². The Hall–Kier alpha value is -0.0500. The Morgan fingerprint density at radius 2 is 1.23 bits per heavy atom. The highest BCUT2D eigenvalue weighted by atomic mass is 32.2. The molecule has 3 heteroatoms. The smallest absolute Gasteiger partial charge is 0.161 e. The van der Waals surface area contributed by atoms with E-state index in [1.807, 2.05) is 13.8 Å².